The molecule has 1 aliphatic carbocycles. The largest absolute Gasteiger partial charge is 0.480 e. The van der Waals surface area contributed by atoms with Crippen molar-refractivity contribution in [2.24, 2.45) is 5.92 Å². The van der Waals surface area contributed by atoms with E-state index < -0.39 is 11.5 Å². The van der Waals surface area contributed by atoms with Crippen LogP contribution in [0.15, 0.2) is 18.2 Å². The highest BCUT2D eigenvalue weighted by Crippen LogP contribution is 2.50. The number of carbonyl (C=O) groups is 2. The Bertz CT molecular complexity index is 590. The summed E-state index contributed by atoms with van der Waals surface area (Å²) < 4.78 is 0. The van der Waals surface area contributed by atoms with Gasteiger partial charge in [0, 0.05) is 5.92 Å². The van der Waals surface area contributed by atoms with Crippen LogP contribution in [0.5, 0.6) is 0 Å². The zero-order chi connectivity index (χ0) is 15.8. The van der Waals surface area contributed by atoms with Gasteiger partial charge in [0.25, 0.3) is 0 Å². The summed E-state index contributed by atoms with van der Waals surface area (Å²) in [5, 5.41) is 12.7. The normalized spacial score (nSPS) is 23.2. The van der Waals surface area contributed by atoms with E-state index in [2.05, 4.69) is 5.32 Å². The number of rotatable bonds is 5. The fourth-order valence-corrected chi connectivity index (χ4v) is 2.74. The maximum absolute atomic E-state index is 12.2. The minimum Gasteiger partial charge on any atom is -0.480 e. The molecule has 0 spiro atoms. The number of carboxylic acids is 1. The van der Waals surface area contributed by atoms with E-state index in [0.29, 0.717) is 22.9 Å². The highest BCUT2D eigenvalue weighted by Gasteiger charge is 2.47. The van der Waals surface area contributed by atoms with Gasteiger partial charge >= 0.3 is 5.97 Å². The summed E-state index contributed by atoms with van der Waals surface area (Å²) in [5.74, 6) is -1.52. The Kier molecular flexibility index (Phi) is 4.49. The van der Waals surface area contributed by atoms with Crippen LogP contribution in [0, 0.1) is 5.92 Å². The Labute approximate surface area is 133 Å². The molecule has 2 N–H and O–H groups in total. The van der Waals surface area contributed by atoms with E-state index in [0.717, 1.165) is 5.56 Å². The third-order valence-corrected chi connectivity index (χ3v) is 4.92. The maximum atomic E-state index is 12.2. The molecule has 1 fully saturated rings. The van der Waals surface area contributed by atoms with Gasteiger partial charge in [-0.25, -0.2) is 4.79 Å². The van der Waals surface area contributed by atoms with Gasteiger partial charge in [-0.15, -0.1) is 0 Å². The molecule has 4 nitrogen and oxygen atoms in total. The standard InChI is InChI=1S/C15H17Cl2NO3/c1-3-15(2,14(20)21)18-13(19)10-7-9(10)8-5-4-6-11(16)12(8)17/h4-6,9-10H,3,7H2,1-2H3,(H,18,19)(H,20,21). The molecule has 1 amide bonds. The number of amides is 1. The van der Waals surface area contributed by atoms with Crippen LogP contribution in [0.25, 0.3) is 0 Å². The van der Waals surface area contributed by atoms with Crippen molar-refractivity contribution in [1.82, 2.24) is 5.32 Å². The van der Waals surface area contributed by atoms with Gasteiger partial charge < -0.3 is 10.4 Å². The summed E-state index contributed by atoms with van der Waals surface area (Å²) in [4.78, 5) is 23.4. The number of carboxylic acid groups (broad SMARTS) is 1. The monoisotopic (exact) mass is 329 g/mol. The molecule has 114 valence electrons. The molecule has 2 rings (SSSR count). The lowest BCUT2D eigenvalue weighted by Crippen LogP contribution is -2.52. The van der Waals surface area contributed by atoms with Crippen LogP contribution >= 0.6 is 23.2 Å². The topological polar surface area (TPSA) is 66.4 Å². The third kappa shape index (κ3) is 3.16. The molecular formula is C15H17Cl2NO3. The Morgan fingerprint density at radius 2 is 2.10 bits per heavy atom. The van der Waals surface area contributed by atoms with Gasteiger partial charge in [0.15, 0.2) is 0 Å². The molecule has 0 radical (unpaired) electrons. The fraction of sp³-hybridized carbons (Fsp3) is 0.467. The van der Waals surface area contributed by atoms with Gasteiger partial charge in [-0.1, -0.05) is 42.3 Å². The van der Waals surface area contributed by atoms with Crippen molar-refractivity contribution in [3.63, 3.8) is 0 Å². The molecule has 1 aliphatic rings. The van der Waals surface area contributed by atoms with Crippen LogP contribution in [0.4, 0.5) is 0 Å². The molecule has 6 heteroatoms. The maximum Gasteiger partial charge on any atom is 0.329 e. The first-order valence-electron chi connectivity index (χ1n) is 6.79. The van der Waals surface area contributed by atoms with E-state index in [4.69, 9.17) is 23.2 Å². The van der Waals surface area contributed by atoms with Crippen molar-refractivity contribution >= 4 is 35.1 Å². The molecule has 1 aromatic carbocycles. The number of hydrogen-bond donors (Lipinski definition) is 2. The van der Waals surface area contributed by atoms with E-state index in [9.17, 15) is 14.7 Å². The molecule has 21 heavy (non-hydrogen) atoms. The molecule has 0 aliphatic heterocycles. The summed E-state index contributed by atoms with van der Waals surface area (Å²) in [7, 11) is 0. The van der Waals surface area contributed by atoms with Crippen LogP contribution in [0.3, 0.4) is 0 Å². The smallest absolute Gasteiger partial charge is 0.329 e. The lowest BCUT2D eigenvalue weighted by molar-refractivity contribution is -0.147. The van der Waals surface area contributed by atoms with E-state index >= 15 is 0 Å². The van der Waals surface area contributed by atoms with E-state index in [1.165, 1.54) is 6.92 Å². The van der Waals surface area contributed by atoms with Crippen molar-refractivity contribution in [2.45, 2.75) is 38.1 Å². The van der Waals surface area contributed by atoms with E-state index in [1.807, 2.05) is 6.07 Å². The Balaban J connectivity index is 2.08. The van der Waals surface area contributed by atoms with Crippen LogP contribution in [-0.2, 0) is 9.59 Å². The average molecular weight is 330 g/mol. The summed E-state index contributed by atoms with van der Waals surface area (Å²) >= 11 is 12.1. The lowest BCUT2D eigenvalue weighted by atomic mass is 9.98. The van der Waals surface area contributed by atoms with Crippen LogP contribution in [-0.4, -0.2) is 22.5 Å². The molecule has 1 saturated carbocycles. The lowest BCUT2D eigenvalue weighted by Gasteiger charge is -2.24. The van der Waals surface area contributed by atoms with Gasteiger partial charge in [0.2, 0.25) is 5.91 Å². The van der Waals surface area contributed by atoms with Crippen LogP contribution < -0.4 is 5.32 Å². The van der Waals surface area contributed by atoms with Crippen LogP contribution in [0.1, 0.15) is 38.2 Å². The summed E-state index contributed by atoms with van der Waals surface area (Å²) in [5.41, 5.74) is -0.389. The number of nitrogens with one attached hydrogen (secondary N) is 1. The fourth-order valence-electron chi connectivity index (χ4n) is 2.29. The second-order valence-electron chi connectivity index (χ2n) is 5.57. The number of hydrogen-bond acceptors (Lipinski definition) is 2. The Morgan fingerprint density at radius 1 is 1.43 bits per heavy atom. The molecule has 0 saturated heterocycles. The van der Waals surface area contributed by atoms with Gasteiger partial charge in [0.05, 0.1) is 10.0 Å². The molecule has 1 aromatic rings. The molecule has 3 atom stereocenters. The van der Waals surface area contributed by atoms with Gasteiger partial charge in [-0.2, -0.15) is 0 Å². The average Bonchev–Trinajstić information content (AvgIpc) is 3.21. The quantitative estimate of drug-likeness (QED) is 0.869. The number of benzene rings is 1. The zero-order valence-corrected chi connectivity index (χ0v) is 13.3. The highest BCUT2D eigenvalue weighted by molar-refractivity contribution is 6.42. The van der Waals surface area contributed by atoms with Crippen molar-refractivity contribution in [3.8, 4) is 0 Å². The Morgan fingerprint density at radius 3 is 2.67 bits per heavy atom. The van der Waals surface area contributed by atoms with Crippen molar-refractivity contribution < 1.29 is 14.7 Å². The molecule has 0 bridgehead atoms. The number of carbonyl (C=O) groups excluding carboxylic acids is 1. The summed E-state index contributed by atoms with van der Waals surface area (Å²) in [6.45, 7) is 3.24. The molecule has 0 heterocycles. The number of halogens is 2. The minimum atomic E-state index is -1.23. The molecular weight excluding hydrogens is 313 g/mol. The van der Waals surface area contributed by atoms with Gasteiger partial charge in [-0.05, 0) is 37.3 Å². The third-order valence-electron chi connectivity index (χ3n) is 4.09. The number of aliphatic carboxylic acids is 1. The predicted octanol–water partition coefficient (Wildman–Crippen LogP) is 3.47. The van der Waals surface area contributed by atoms with Crippen LogP contribution in [0.2, 0.25) is 10.0 Å². The first kappa shape index (κ1) is 16.1. The molecule has 3 unspecified atom stereocenters. The SMILES string of the molecule is CCC(C)(NC(=O)C1CC1c1cccc(Cl)c1Cl)C(=O)O. The summed E-state index contributed by atoms with van der Waals surface area (Å²) in [6.07, 6.45) is 0.981. The predicted molar refractivity (Wildman–Crippen MR) is 81.8 cm³/mol. The van der Waals surface area contributed by atoms with Gasteiger partial charge in [0.1, 0.15) is 5.54 Å². The molecule has 0 aromatic heterocycles. The summed E-state index contributed by atoms with van der Waals surface area (Å²) in [6, 6.07) is 5.34. The van der Waals surface area contributed by atoms with E-state index in [-0.39, 0.29) is 17.7 Å². The van der Waals surface area contributed by atoms with Crippen molar-refractivity contribution in [3.05, 3.63) is 33.8 Å². The highest BCUT2D eigenvalue weighted by atomic mass is 35.5. The second-order valence-corrected chi connectivity index (χ2v) is 6.36. The van der Waals surface area contributed by atoms with Crippen molar-refractivity contribution in [2.75, 3.05) is 0 Å². The first-order valence-corrected chi connectivity index (χ1v) is 7.55. The Hall–Kier alpha value is -1.26. The second kappa shape index (κ2) is 5.85. The first-order chi connectivity index (χ1) is 9.80. The zero-order valence-electron chi connectivity index (χ0n) is 11.8. The van der Waals surface area contributed by atoms with Crippen molar-refractivity contribution in [1.29, 1.82) is 0 Å². The van der Waals surface area contributed by atoms with Gasteiger partial charge in [-0.3, -0.25) is 4.79 Å². The minimum absolute atomic E-state index is 0.00565. The van der Waals surface area contributed by atoms with E-state index in [1.54, 1.807) is 19.1 Å².